The van der Waals surface area contributed by atoms with Crippen molar-refractivity contribution in [3.05, 3.63) is 41.6 Å². The number of rotatable bonds is 3. The highest BCUT2D eigenvalue weighted by molar-refractivity contribution is 5.43. The van der Waals surface area contributed by atoms with Crippen LogP contribution in [0.3, 0.4) is 0 Å². The first kappa shape index (κ1) is 12.3. The molecular formula is C13H17N5. The van der Waals surface area contributed by atoms with Crippen molar-refractivity contribution in [1.82, 2.24) is 15.2 Å². The predicted molar refractivity (Wildman–Crippen MR) is 71.8 cm³/mol. The van der Waals surface area contributed by atoms with Gasteiger partial charge in [-0.05, 0) is 11.5 Å². The summed E-state index contributed by atoms with van der Waals surface area (Å²) in [6.07, 6.45) is 0. The highest BCUT2D eigenvalue weighted by atomic mass is 15.2. The molecule has 5 heteroatoms. The third-order valence-corrected chi connectivity index (χ3v) is 2.88. The van der Waals surface area contributed by atoms with E-state index in [1.165, 1.54) is 0 Å². The number of anilines is 2. The third kappa shape index (κ3) is 2.40. The molecule has 0 spiro atoms. The molecule has 0 amide bonds. The molecule has 0 aliphatic rings. The Labute approximate surface area is 106 Å². The van der Waals surface area contributed by atoms with Crippen molar-refractivity contribution in [1.29, 1.82) is 0 Å². The van der Waals surface area contributed by atoms with Crippen LogP contribution in [0, 0.1) is 5.92 Å². The van der Waals surface area contributed by atoms with Gasteiger partial charge in [-0.25, -0.2) is 0 Å². The highest BCUT2D eigenvalue weighted by Gasteiger charge is 2.23. The minimum atomic E-state index is 0.0757. The second-order valence-corrected chi connectivity index (χ2v) is 4.57. The van der Waals surface area contributed by atoms with Crippen LogP contribution in [0.15, 0.2) is 30.3 Å². The van der Waals surface area contributed by atoms with E-state index in [0.29, 0.717) is 17.4 Å². The van der Waals surface area contributed by atoms with Gasteiger partial charge in [0, 0.05) is 5.92 Å². The molecule has 0 saturated carbocycles. The zero-order valence-electron chi connectivity index (χ0n) is 10.5. The first-order valence-corrected chi connectivity index (χ1v) is 5.90. The second kappa shape index (κ2) is 5.00. The van der Waals surface area contributed by atoms with E-state index in [2.05, 4.69) is 41.2 Å². The van der Waals surface area contributed by atoms with Crippen LogP contribution in [0.5, 0.6) is 0 Å². The number of hydrogen-bond acceptors (Lipinski definition) is 5. The molecule has 0 aliphatic heterocycles. The minimum Gasteiger partial charge on any atom is -0.382 e. The molecule has 0 bridgehead atoms. The molecule has 4 N–H and O–H groups in total. The smallest absolute Gasteiger partial charge is 0.242 e. The van der Waals surface area contributed by atoms with E-state index >= 15 is 0 Å². The lowest BCUT2D eigenvalue weighted by molar-refractivity contribution is 0.546. The Hall–Kier alpha value is -2.17. The fourth-order valence-electron chi connectivity index (χ4n) is 2.10. The number of aromatic nitrogens is 3. The maximum Gasteiger partial charge on any atom is 0.242 e. The van der Waals surface area contributed by atoms with Crippen molar-refractivity contribution in [3.63, 3.8) is 0 Å². The molecule has 0 radical (unpaired) electrons. The topological polar surface area (TPSA) is 90.7 Å². The zero-order chi connectivity index (χ0) is 13.1. The Morgan fingerprint density at radius 1 is 1.00 bits per heavy atom. The van der Waals surface area contributed by atoms with E-state index in [-0.39, 0.29) is 11.9 Å². The van der Waals surface area contributed by atoms with E-state index in [4.69, 9.17) is 11.5 Å². The molecule has 5 nitrogen and oxygen atoms in total. The molecule has 2 aromatic rings. The van der Waals surface area contributed by atoms with Gasteiger partial charge in [0.05, 0.1) is 0 Å². The fraction of sp³-hybridized carbons (Fsp3) is 0.308. The summed E-state index contributed by atoms with van der Waals surface area (Å²) in [6, 6.07) is 10.1. The van der Waals surface area contributed by atoms with Crippen LogP contribution in [0.4, 0.5) is 11.8 Å². The standard InChI is InChI=1S/C13H17N5/c1-8(2)10(9-6-4-3-5-7-9)11-12(14)16-13(15)18-17-11/h3-8,10H,1-2H3,(H4,14,15,16,18). The van der Waals surface area contributed by atoms with Crippen molar-refractivity contribution < 1.29 is 0 Å². The quantitative estimate of drug-likeness (QED) is 0.858. The Bertz CT molecular complexity index is 524. The van der Waals surface area contributed by atoms with Crippen molar-refractivity contribution in [3.8, 4) is 0 Å². The first-order chi connectivity index (χ1) is 8.59. The molecule has 2 rings (SSSR count). The van der Waals surface area contributed by atoms with Crippen molar-refractivity contribution >= 4 is 11.8 Å². The molecule has 0 saturated heterocycles. The van der Waals surface area contributed by atoms with Crippen LogP contribution in [-0.2, 0) is 0 Å². The Morgan fingerprint density at radius 3 is 2.22 bits per heavy atom. The fourth-order valence-corrected chi connectivity index (χ4v) is 2.10. The van der Waals surface area contributed by atoms with Gasteiger partial charge in [-0.15, -0.1) is 10.2 Å². The summed E-state index contributed by atoms with van der Waals surface area (Å²) in [7, 11) is 0. The molecule has 94 valence electrons. The van der Waals surface area contributed by atoms with E-state index in [1.54, 1.807) is 0 Å². The lowest BCUT2D eigenvalue weighted by Crippen LogP contribution is -2.16. The summed E-state index contributed by atoms with van der Waals surface area (Å²) in [4.78, 5) is 3.98. The van der Waals surface area contributed by atoms with Crippen LogP contribution < -0.4 is 11.5 Å². The average Bonchev–Trinajstić information content (AvgIpc) is 2.33. The summed E-state index contributed by atoms with van der Waals surface area (Å²) in [5, 5.41) is 7.92. The number of nitrogens with two attached hydrogens (primary N) is 2. The molecule has 1 aromatic heterocycles. The van der Waals surface area contributed by atoms with Crippen LogP contribution in [0.1, 0.15) is 31.0 Å². The van der Waals surface area contributed by atoms with Gasteiger partial charge >= 0.3 is 0 Å². The summed E-state index contributed by atoms with van der Waals surface area (Å²) in [5.74, 6) is 0.873. The molecular weight excluding hydrogens is 226 g/mol. The van der Waals surface area contributed by atoms with E-state index in [1.807, 2.05) is 18.2 Å². The maximum atomic E-state index is 5.90. The third-order valence-electron chi connectivity index (χ3n) is 2.88. The minimum absolute atomic E-state index is 0.0757. The van der Waals surface area contributed by atoms with Gasteiger partial charge in [-0.1, -0.05) is 44.2 Å². The van der Waals surface area contributed by atoms with Crippen LogP contribution in [-0.4, -0.2) is 15.2 Å². The summed E-state index contributed by atoms with van der Waals surface area (Å²) in [6.45, 7) is 4.24. The molecule has 0 aliphatic carbocycles. The van der Waals surface area contributed by atoms with Gasteiger partial charge in [0.15, 0.2) is 5.82 Å². The van der Waals surface area contributed by atoms with Gasteiger partial charge < -0.3 is 11.5 Å². The molecule has 1 aromatic carbocycles. The van der Waals surface area contributed by atoms with E-state index in [9.17, 15) is 0 Å². The number of nitrogen functional groups attached to an aromatic ring is 2. The molecule has 1 unspecified atom stereocenters. The summed E-state index contributed by atoms with van der Waals surface area (Å²) < 4.78 is 0. The Morgan fingerprint density at radius 2 is 1.67 bits per heavy atom. The zero-order valence-corrected chi connectivity index (χ0v) is 10.5. The molecule has 1 heterocycles. The lowest BCUT2D eigenvalue weighted by Gasteiger charge is -2.21. The van der Waals surface area contributed by atoms with Gasteiger partial charge in [0.25, 0.3) is 0 Å². The second-order valence-electron chi connectivity index (χ2n) is 4.57. The van der Waals surface area contributed by atoms with Crippen molar-refractivity contribution in [2.75, 3.05) is 11.5 Å². The van der Waals surface area contributed by atoms with Gasteiger partial charge in [0.1, 0.15) is 5.69 Å². The summed E-state index contributed by atoms with van der Waals surface area (Å²) >= 11 is 0. The van der Waals surface area contributed by atoms with Gasteiger partial charge in [-0.2, -0.15) is 4.98 Å². The maximum absolute atomic E-state index is 5.90. The number of nitrogens with zero attached hydrogens (tertiary/aromatic N) is 3. The van der Waals surface area contributed by atoms with E-state index < -0.39 is 0 Å². The molecule has 18 heavy (non-hydrogen) atoms. The average molecular weight is 243 g/mol. The largest absolute Gasteiger partial charge is 0.382 e. The van der Waals surface area contributed by atoms with Gasteiger partial charge in [-0.3, -0.25) is 0 Å². The van der Waals surface area contributed by atoms with Crippen molar-refractivity contribution in [2.24, 2.45) is 5.92 Å². The molecule has 1 atom stereocenters. The molecule has 0 fully saturated rings. The normalized spacial score (nSPS) is 12.6. The van der Waals surface area contributed by atoms with Crippen molar-refractivity contribution in [2.45, 2.75) is 19.8 Å². The van der Waals surface area contributed by atoms with Gasteiger partial charge in [0.2, 0.25) is 5.95 Å². The van der Waals surface area contributed by atoms with E-state index in [0.717, 1.165) is 5.56 Å². The summed E-state index contributed by atoms with van der Waals surface area (Å²) in [5.41, 5.74) is 13.2. The highest BCUT2D eigenvalue weighted by Crippen LogP contribution is 2.32. The Kier molecular flexibility index (Phi) is 3.41. The van der Waals surface area contributed by atoms with Crippen LogP contribution in [0.25, 0.3) is 0 Å². The number of hydrogen-bond donors (Lipinski definition) is 2. The number of benzene rings is 1. The van der Waals surface area contributed by atoms with Crippen LogP contribution in [0.2, 0.25) is 0 Å². The Balaban J connectivity index is 2.49. The van der Waals surface area contributed by atoms with Crippen LogP contribution >= 0.6 is 0 Å². The first-order valence-electron chi connectivity index (χ1n) is 5.90. The SMILES string of the molecule is CC(C)C(c1ccccc1)c1nnc(N)nc1N. The lowest BCUT2D eigenvalue weighted by atomic mass is 9.85. The predicted octanol–water partition coefficient (Wildman–Crippen LogP) is 1.82. The monoisotopic (exact) mass is 243 g/mol.